The summed E-state index contributed by atoms with van der Waals surface area (Å²) in [5.41, 5.74) is 2.93. The van der Waals surface area contributed by atoms with Crippen molar-refractivity contribution in [3.8, 4) is 0 Å². The molecule has 0 aliphatic rings. The smallest absolute Gasteiger partial charge is 0.0192 e. The molecule has 1 unspecified atom stereocenters. The topological polar surface area (TPSA) is 4.93 Å². The fraction of sp³-hybridized carbons (Fsp3) is 0.667. The monoisotopic (exact) mass is 211 g/mol. The molecule has 0 fully saturated rings. The summed E-state index contributed by atoms with van der Waals surface area (Å²) in [6.45, 7) is 9.04. The summed E-state index contributed by atoms with van der Waals surface area (Å²) in [6.07, 6.45) is 6.65. The molecule has 1 rings (SSSR count). The van der Waals surface area contributed by atoms with E-state index in [1.165, 1.54) is 17.5 Å². The molecule has 1 aromatic rings. The molecule has 80 valence electrons. The predicted molar refractivity (Wildman–Crippen MR) is 66.1 cm³/mol. The Labute approximate surface area is 93.1 Å². The van der Waals surface area contributed by atoms with Gasteiger partial charge in [0.05, 0.1) is 0 Å². The highest BCUT2D eigenvalue weighted by Gasteiger charge is 2.12. The fourth-order valence-electron chi connectivity index (χ4n) is 1.77. The summed E-state index contributed by atoms with van der Waals surface area (Å²) in [4.78, 5) is 0. The summed E-state index contributed by atoms with van der Waals surface area (Å²) in [5, 5.41) is 0. The molecule has 1 heterocycles. The van der Waals surface area contributed by atoms with Gasteiger partial charge in [-0.15, -0.1) is 0 Å². The zero-order chi connectivity index (χ0) is 10.7. The van der Waals surface area contributed by atoms with Gasteiger partial charge in [0.2, 0.25) is 0 Å². The second-order valence-corrected chi connectivity index (χ2v) is 4.99. The zero-order valence-corrected chi connectivity index (χ0v) is 10.5. The highest BCUT2D eigenvalue weighted by atomic mass is 32.1. The van der Waals surface area contributed by atoms with Crippen LogP contribution in [0.3, 0.4) is 0 Å². The van der Waals surface area contributed by atoms with E-state index >= 15 is 0 Å². The van der Waals surface area contributed by atoms with Gasteiger partial charge >= 0.3 is 0 Å². The van der Waals surface area contributed by atoms with E-state index in [1.807, 2.05) is 3.97 Å². The molecule has 0 aliphatic heterocycles. The number of aromatic nitrogens is 1. The Hall–Kier alpha value is -0.370. The Morgan fingerprint density at radius 2 is 1.93 bits per heavy atom. The lowest BCUT2D eigenvalue weighted by molar-refractivity contribution is 0.633. The zero-order valence-electron chi connectivity index (χ0n) is 9.62. The molecule has 0 amide bonds. The summed E-state index contributed by atoms with van der Waals surface area (Å²) in [6, 6.07) is 0. The minimum Gasteiger partial charge on any atom is -0.301 e. The van der Waals surface area contributed by atoms with Gasteiger partial charge in [-0.3, -0.25) is 0 Å². The van der Waals surface area contributed by atoms with Gasteiger partial charge in [0, 0.05) is 12.4 Å². The molecule has 0 saturated heterocycles. The van der Waals surface area contributed by atoms with Gasteiger partial charge in [0.25, 0.3) is 0 Å². The lowest BCUT2D eigenvalue weighted by Crippen LogP contribution is -1.98. The van der Waals surface area contributed by atoms with Crippen LogP contribution in [0.1, 0.15) is 51.2 Å². The fourth-order valence-corrected chi connectivity index (χ4v) is 2.03. The number of hydrogen-bond donors (Lipinski definition) is 1. The van der Waals surface area contributed by atoms with Crippen LogP contribution in [0, 0.1) is 5.92 Å². The number of rotatable bonds is 4. The standard InChI is InChI=1S/C12H21NS/c1-5-10(4)12-8-13(14)7-11(12)6-9(2)3/h7-10,14H,5-6H2,1-4H3. The van der Waals surface area contributed by atoms with Crippen molar-refractivity contribution in [3.63, 3.8) is 0 Å². The molecule has 0 N–H and O–H groups in total. The third kappa shape index (κ3) is 2.81. The quantitative estimate of drug-likeness (QED) is 0.721. The molecule has 0 spiro atoms. The van der Waals surface area contributed by atoms with Crippen LogP contribution in [0.15, 0.2) is 12.4 Å². The van der Waals surface area contributed by atoms with Crippen molar-refractivity contribution < 1.29 is 0 Å². The van der Waals surface area contributed by atoms with Crippen molar-refractivity contribution in [2.45, 2.75) is 46.5 Å². The van der Waals surface area contributed by atoms with Crippen LogP contribution in [0.2, 0.25) is 0 Å². The van der Waals surface area contributed by atoms with E-state index < -0.39 is 0 Å². The Morgan fingerprint density at radius 1 is 1.29 bits per heavy atom. The second kappa shape index (κ2) is 4.92. The molecule has 0 bridgehead atoms. The van der Waals surface area contributed by atoms with Crippen LogP contribution in [-0.2, 0) is 6.42 Å². The summed E-state index contributed by atoms with van der Waals surface area (Å²) < 4.78 is 1.89. The molecule has 0 aromatic carbocycles. The lowest BCUT2D eigenvalue weighted by atomic mass is 9.93. The maximum absolute atomic E-state index is 4.35. The van der Waals surface area contributed by atoms with Crippen LogP contribution in [0.25, 0.3) is 0 Å². The van der Waals surface area contributed by atoms with Gasteiger partial charge in [0.15, 0.2) is 0 Å². The minimum absolute atomic E-state index is 0.650. The molecule has 2 heteroatoms. The van der Waals surface area contributed by atoms with E-state index in [9.17, 15) is 0 Å². The first-order valence-electron chi connectivity index (χ1n) is 5.44. The normalized spacial score (nSPS) is 13.6. The van der Waals surface area contributed by atoms with Crippen LogP contribution < -0.4 is 0 Å². The first-order valence-corrected chi connectivity index (χ1v) is 5.84. The van der Waals surface area contributed by atoms with Crippen molar-refractivity contribution in [1.29, 1.82) is 0 Å². The van der Waals surface area contributed by atoms with Gasteiger partial charge in [0.1, 0.15) is 0 Å². The number of thiol groups is 1. The SMILES string of the molecule is CCC(C)c1cn(S)cc1CC(C)C. The molecular weight excluding hydrogens is 190 g/mol. The van der Waals surface area contributed by atoms with E-state index in [1.54, 1.807) is 0 Å². The summed E-state index contributed by atoms with van der Waals surface area (Å²) in [5.74, 6) is 1.37. The number of hydrogen-bond acceptors (Lipinski definition) is 1. The Morgan fingerprint density at radius 3 is 2.43 bits per heavy atom. The third-order valence-electron chi connectivity index (χ3n) is 2.70. The highest BCUT2D eigenvalue weighted by molar-refractivity contribution is 7.78. The predicted octanol–water partition coefficient (Wildman–Crippen LogP) is 3.89. The van der Waals surface area contributed by atoms with E-state index in [4.69, 9.17) is 0 Å². The molecule has 14 heavy (non-hydrogen) atoms. The summed E-state index contributed by atoms with van der Waals surface area (Å²) in [7, 11) is 0. The average molecular weight is 211 g/mol. The van der Waals surface area contributed by atoms with Crippen molar-refractivity contribution in [3.05, 3.63) is 23.5 Å². The molecule has 1 atom stereocenters. The minimum atomic E-state index is 0.650. The van der Waals surface area contributed by atoms with Crippen molar-refractivity contribution in [1.82, 2.24) is 3.97 Å². The van der Waals surface area contributed by atoms with Gasteiger partial charge in [-0.05, 0) is 35.8 Å². The van der Waals surface area contributed by atoms with E-state index in [0.717, 1.165) is 6.42 Å². The van der Waals surface area contributed by atoms with Crippen LogP contribution in [0.4, 0.5) is 0 Å². The van der Waals surface area contributed by atoms with Crippen LogP contribution >= 0.6 is 12.8 Å². The molecule has 0 saturated carbocycles. The maximum Gasteiger partial charge on any atom is 0.0192 e. The van der Waals surface area contributed by atoms with Crippen molar-refractivity contribution in [2.24, 2.45) is 5.92 Å². The largest absolute Gasteiger partial charge is 0.301 e. The van der Waals surface area contributed by atoms with E-state index in [-0.39, 0.29) is 0 Å². The van der Waals surface area contributed by atoms with E-state index in [2.05, 4.69) is 52.9 Å². The lowest BCUT2D eigenvalue weighted by Gasteiger charge is -2.11. The molecule has 1 aromatic heterocycles. The molecule has 0 radical (unpaired) electrons. The second-order valence-electron chi connectivity index (χ2n) is 4.53. The van der Waals surface area contributed by atoms with Gasteiger partial charge in [-0.2, -0.15) is 0 Å². The van der Waals surface area contributed by atoms with Crippen molar-refractivity contribution >= 4 is 12.8 Å². The van der Waals surface area contributed by atoms with Gasteiger partial charge in [-0.25, -0.2) is 0 Å². The van der Waals surface area contributed by atoms with Gasteiger partial charge in [-0.1, -0.05) is 40.5 Å². The van der Waals surface area contributed by atoms with Gasteiger partial charge < -0.3 is 3.97 Å². The number of nitrogens with zero attached hydrogens (tertiary/aromatic N) is 1. The first kappa shape index (κ1) is 11.7. The van der Waals surface area contributed by atoms with Crippen molar-refractivity contribution in [2.75, 3.05) is 0 Å². The molecular formula is C12H21NS. The highest BCUT2D eigenvalue weighted by Crippen LogP contribution is 2.26. The molecule has 1 nitrogen and oxygen atoms in total. The average Bonchev–Trinajstić information content (AvgIpc) is 2.44. The van der Waals surface area contributed by atoms with Crippen LogP contribution in [0.5, 0.6) is 0 Å². The summed E-state index contributed by atoms with van der Waals surface area (Å²) >= 11 is 4.35. The Bertz CT molecular complexity index is 289. The van der Waals surface area contributed by atoms with Crippen LogP contribution in [-0.4, -0.2) is 3.97 Å². The van der Waals surface area contributed by atoms with E-state index in [0.29, 0.717) is 11.8 Å². The molecule has 0 aliphatic carbocycles. The first-order chi connectivity index (χ1) is 6.54. The Kier molecular flexibility index (Phi) is 4.11. The maximum atomic E-state index is 4.35. The Balaban J connectivity index is 2.90. The third-order valence-corrected chi connectivity index (χ3v) is 2.93.